The number of benzene rings is 2. The van der Waals surface area contributed by atoms with Gasteiger partial charge in [-0.25, -0.2) is 17.8 Å². The number of amides is 1. The second-order valence-electron chi connectivity index (χ2n) is 8.84. The molecule has 0 spiro atoms. The molecule has 0 radical (unpaired) electrons. The molecule has 3 heterocycles. The number of piperazine rings is 1. The van der Waals surface area contributed by atoms with E-state index >= 15 is 0 Å². The predicted octanol–water partition coefficient (Wildman–Crippen LogP) is 4.83. The summed E-state index contributed by atoms with van der Waals surface area (Å²) >= 11 is 1.21. The van der Waals surface area contributed by atoms with Crippen LogP contribution in [-0.2, 0) is 14.8 Å². The maximum Gasteiger partial charge on any atom is 0.263 e. The predicted molar refractivity (Wildman–Crippen MR) is 144 cm³/mol. The fraction of sp³-hybridized carbons (Fsp3) is 0.280. The number of hydrogen-bond donors (Lipinski definition) is 1. The van der Waals surface area contributed by atoms with Crippen molar-refractivity contribution in [3.05, 3.63) is 72.1 Å². The van der Waals surface area contributed by atoms with E-state index in [9.17, 15) is 17.6 Å². The summed E-state index contributed by atoms with van der Waals surface area (Å²) in [6, 6.07) is 12.8. The molecule has 0 aliphatic carbocycles. The molecule has 5 rings (SSSR count). The van der Waals surface area contributed by atoms with Crippen LogP contribution in [-0.4, -0.2) is 54.5 Å². The van der Waals surface area contributed by atoms with E-state index in [1.165, 1.54) is 23.6 Å². The number of thiazole rings is 1. The number of fused-ring (bicyclic) bond motifs is 1. The van der Waals surface area contributed by atoms with E-state index in [1.54, 1.807) is 53.4 Å². The van der Waals surface area contributed by atoms with Crippen LogP contribution in [0.2, 0.25) is 0 Å². The molecular weight excluding hydrogens is 501 g/mol. The zero-order valence-electron chi connectivity index (χ0n) is 19.8. The van der Waals surface area contributed by atoms with Gasteiger partial charge in [0.1, 0.15) is 11.9 Å². The van der Waals surface area contributed by atoms with Crippen molar-refractivity contribution in [1.29, 1.82) is 0 Å². The number of nitrogens with zero attached hydrogens (tertiary/aromatic N) is 4. The highest BCUT2D eigenvalue weighted by Crippen LogP contribution is 2.27. The van der Waals surface area contributed by atoms with E-state index in [0.29, 0.717) is 30.3 Å². The van der Waals surface area contributed by atoms with E-state index in [-0.39, 0.29) is 25.5 Å². The number of nitrogens with one attached hydrogen (secondary N) is 1. The van der Waals surface area contributed by atoms with Crippen LogP contribution >= 0.6 is 11.3 Å². The molecule has 11 heteroatoms. The van der Waals surface area contributed by atoms with Gasteiger partial charge in [0, 0.05) is 57.4 Å². The summed E-state index contributed by atoms with van der Waals surface area (Å²) in [5, 5.41) is 2.78. The lowest BCUT2D eigenvalue weighted by molar-refractivity contribution is -0.136. The molecular formula is C25H30FN5O3S2. The van der Waals surface area contributed by atoms with Crippen LogP contribution in [0.4, 0.5) is 15.2 Å². The van der Waals surface area contributed by atoms with Crippen molar-refractivity contribution < 1.29 is 20.5 Å². The SMILES string of the molecule is C[C@H](C(=O)N1CCN(c2ccc(S(=O)(=O)Nc3nccs3)cc2)C[C@@H]1C)n1ccc2cccc(F)c21.[HH].[HH]. The van der Waals surface area contributed by atoms with Crippen molar-refractivity contribution in [1.82, 2.24) is 14.5 Å². The Kier molecular flexibility index (Phi) is 6.44. The quantitative estimate of drug-likeness (QED) is 0.385. The van der Waals surface area contributed by atoms with E-state index in [2.05, 4.69) is 14.6 Å². The Morgan fingerprint density at radius 1 is 1.19 bits per heavy atom. The first-order chi connectivity index (χ1) is 17.2. The summed E-state index contributed by atoms with van der Waals surface area (Å²) in [6.07, 6.45) is 3.30. The van der Waals surface area contributed by atoms with Crippen LogP contribution < -0.4 is 9.62 Å². The summed E-state index contributed by atoms with van der Waals surface area (Å²) < 4.78 is 43.8. The number of carbonyl (C=O) groups is 1. The number of anilines is 2. The van der Waals surface area contributed by atoms with Gasteiger partial charge in [0.2, 0.25) is 5.91 Å². The lowest BCUT2D eigenvalue weighted by atomic mass is 10.1. The number of carbonyl (C=O) groups excluding carboxylic acids is 1. The van der Waals surface area contributed by atoms with Gasteiger partial charge in [-0.3, -0.25) is 9.52 Å². The van der Waals surface area contributed by atoms with Crippen molar-refractivity contribution in [2.75, 3.05) is 29.3 Å². The molecule has 1 saturated heterocycles. The summed E-state index contributed by atoms with van der Waals surface area (Å²) in [7, 11) is -3.71. The molecule has 36 heavy (non-hydrogen) atoms. The smallest absolute Gasteiger partial charge is 0.263 e. The van der Waals surface area contributed by atoms with Crippen LogP contribution in [0.1, 0.15) is 22.7 Å². The summed E-state index contributed by atoms with van der Waals surface area (Å²) in [4.78, 5) is 21.5. The Morgan fingerprint density at radius 3 is 2.67 bits per heavy atom. The molecule has 1 aliphatic heterocycles. The van der Waals surface area contributed by atoms with Gasteiger partial charge < -0.3 is 14.4 Å². The lowest BCUT2D eigenvalue weighted by Gasteiger charge is -2.42. The minimum Gasteiger partial charge on any atom is -0.368 e. The number of sulfonamides is 1. The number of aromatic nitrogens is 2. The molecule has 0 unspecified atom stereocenters. The highest BCUT2D eigenvalue weighted by Gasteiger charge is 2.31. The summed E-state index contributed by atoms with van der Waals surface area (Å²) in [5.41, 5.74) is 1.32. The molecule has 1 N–H and O–H groups in total. The third-order valence-corrected chi connectivity index (χ3v) is 8.71. The standard InChI is InChI=1S/C25H26FN5O3S2.2H2/c1-17-16-29(20-6-8-21(9-7-20)36(33,34)28-25-27-11-15-35-25)13-14-30(17)24(32)18(2)31-12-10-19-4-3-5-22(26)23(19)31;;/h3-12,15,17-18H,13-14,16H2,1-2H3,(H,27,28);2*1H/t17-,18+;;/m0../s1. The minimum absolute atomic E-state index is 0. The van der Waals surface area contributed by atoms with Gasteiger partial charge >= 0.3 is 0 Å². The number of para-hydroxylation sites is 1. The molecule has 4 aromatic rings. The van der Waals surface area contributed by atoms with Gasteiger partial charge in [-0.15, -0.1) is 11.3 Å². The first-order valence-corrected chi connectivity index (χ1v) is 13.9. The molecule has 2 atom stereocenters. The third-order valence-electron chi connectivity index (χ3n) is 6.54. The van der Waals surface area contributed by atoms with Crippen molar-refractivity contribution in [2.45, 2.75) is 30.8 Å². The van der Waals surface area contributed by atoms with E-state index in [4.69, 9.17) is 0 Å². The van der Waals surface area contributed by atoms with Gasteiger partial charge in [0.05, 0.1) is 10.4 Å². The normalized spacial score (nSPS) is 17.4. The highest BCUT2D eigenvalue weighted by molar-refractivity contribution is 7.93. The molecule has 1 fully saturated rings. The maximum absolute atomic E-state index is 14.5. The molecule has 8 nitrogen and oxygen atoms in total. The zero-order valence-corrected chi connectivity index (χ0v) is 21.5. The number of halogens is 1. The highest BCUT2D eigenvalue weighted by atomic mass is 32.2. The Hall–Kier alpha value is -3.44. The maximum atomic E-state index is 14.5. The van der Waals surface area contributed by atoms with Gasteiger partial charge in [0.15, 0.2) is 5.13 Å². The topological polar surface area (TPSA) is 87.5 Å². The minimum atomic E-state index is -3.71. The average molecular weight is 532 g/mol. The third kappa shape index (κ3) is 4.56. The molecule has 2 aromatic heterocycles. The number of hydrogen-bond acceptors (Lipinski definition) is 6. The first-order valence-electron chi connectivity index (χ1n) is 11.6. The second kappa shape index (κ2) is 9.55. The fourth-order valence-corrected chi connectivity index (χ4v) is 6.45. The second-order valence-corrected chi connectivity index (χ2v) is 11.4. The molecule has 0 saturated carbocycles. The van der Waals surface area contributed by atoms with Crippen LogP contribution in [0.5, 0.6) is 0 Å². The molecule has 1 aliphatic rings. The largest absolute Gasteiger partial charge is 0.368 e. The van der Waals surface area contributed by atoms with Crippen LogP contribution in [0.3, 0.4) is 0 Å². The molecule has 0 bridgehead atoms. The monoisotopic (exact) mass is 531 g/mol. The van der Waals surface area contributed by atoms with E-state index < -0.39 is 16.1 Å². The Bertz CT molecular complexity index is 1500. The molecule has 192 valence electrons. The van der Waals surface area contributed by atoms with Gasteiger partial charge in [-0.1, -0.05) is 12.1 Å². The van der Waals surface area contributed by atoms with Gasteiger partial charge in [-0.2, -0.15) is 0 Å². The van der Waals surface area contributed by atoms with E-state index in [1.807, 2.05) is 24.0 Å². The summed E-state index contributed by atoms with van der Waals surface area (Å²) in [6.45, 7) is 5.50. The lowest BCUT2D eigenvalue weighted by Crippen LogP contribution is -2.55. The Labute approximate surface area is 216 Å². The summed E-state index contributed by atoms with van der Waals surface area (Å²) in [5.74, 6) is -0.403. The van der Waals surface area contributed by atoms with Crippen molar-refractivity contribution in [3.63, 3.8) is 0 Å². The number of rotatable bonds is 6. The Morgan fingerprint density at radius 2 is 1.97 bits per heavy atom. The van der Waals surface area contributed by atoms with Crippen molar-refractivity contribution >= 4 is 49.0 Å². The zero-order chi connectivity index (χ0) is 25.4. The van der Waals surface area contributed by atoms with Gasteiger partial charge in [0.25, 0.3) is 10.0 Å². The van der Waals surface area contributed by atoms with Crippen LogP contribution in [0.25, 0.3) is 10.9 Å². The molecule has 2 aromatic carbocycles. The first kappa shape index (κ1) is 24.3. The van der Waals surface area contributed by atoms with Crippen molar-refractivity contribution in [3.8, 4) is 0 Å². The molecule has 1 amide bonds. The fourth-order valence-electron chi connectivity index (χ4n) is 4.66. The van der Waals surface area contributed by atoms with Crippen LogP contribution in [0, 0.1) is 5.82 Å². The van der Waals surface area contributed by atoms with E-state index in [0.717, 1.165) is 11.1 Å². The Balaban J connectivity index is 0.00000200. The van der Waals surface area contributed by atoms with Gasteiger partial charge in [-0.05, 0) is 50.2 Å². The van der Waals surface area contributed by atoms with Crippen LogP contribution in [0.15, 0.2) is 71.2 Å². The average Bonchev–Trinajstić information content (AvgIpc) is 3.53. The van der Waals surface area contributed by atoms with Crippen molar-refractivity contribution in [2.24, 2.45) is 0 Å².